The van der Waals surface area contributed by atoms with E-state index in [1.165, 1.54) is 30.0 Å². The molecule has 0 fully saturated rings. The molecule has 1 aliphatic heterocycles. The fraction of sp³-hybridized carbons (Fsp3) is 0.214. The third-order valence-electron chi connectivity index (χ3n) is 6.37. The van der Waals surface area contributed by atoms with Gasteiger partial charge < -0.3 is 25.7 Å². The molecule has 41 heavy (non-hydrogen) atoms. The Hall–Kier alpha value is -4.67. The molecule has 0 bridgehead atoms. The zero-order valence-electron chi connectivity index (χ0n) is 21.9. The highest BCUT2D eigenvalue weighted by Crippen LogP contribution is 2.37. The van der Waals surface area contributed by atoms with E-state index >= 15 is 0 Å². The van der Waals surface area contributed by atoms with E-state index in [0.29, 0.717) is 40.7 Å². The fourth-order valence-corrected chi connectivity index (χ4v) is 6.39. The number of nitrogens with one attached hydrogen (secondary N) is 2. The first-order valence-corrected chi connectivity index (χ1v) is 14.0. The SMILES string of the molecule is CC(=O)N1CCc2c(sc(NC(=O)C(C)Sc3cccc(NC(=O)c4ccc(C(=O)O)cc4C(=O)O)c3)c2C#N)C1. The minimum absolute atomic E-state index is 0.0463. The second kappa shape index (κ2) is 12.2. The van der Waals surface area contributed by atoms with Gasteiger partial charge in [0.2, 0.25) is 11.8 Å². The highest BCUT2D eigenvalue weighted by atomic mass is 32.2. The number of anilines is 2. The van der Waals surface area contributed by atoms with E-state index in [2.05, 4.69) is 16.7 Å². The molecule has 0 aliphatic carbocycles. The Labute approximate surface area is 242 Å². The van der Waals surface area contributed by atoms with Crippen LogP contribution >= 0.6 is 23.1 Å². The van der Waals surface area contributed by atoms with Crippen LogP contribution in [0.2, 0.25) is 0 Å². The molecule has 11 nitrogen and oxygen atoms in total. The van der Waals surface area contributed by atoms with Crippen molar-refractivity contribution in [2.75, 3.05) is 17.2 Å². The number of thiophene rings is 1. The van der Waals surface area contributed by atoms with Crippen molar-refractivity contribution in [1.82, 2.24) is 4.90 Å². The van der Waals surface area contributed by atoms with Gasteiger partial charge in [0.25, 0.3) is 5.91 Å². The lowest BCUT2D eigenvalue weighted by atomic mass is 10.0. The standard InChI is InChI=1S/C28H24N4O7S2/c1-14(24(34)31-26-22(12-29)19-8-9-32(15(2)33)13-23(19)41-26)40-18-5-3-4-17(11-18)30-25(35)20-7-6-16(27(36)37)10-21(20)28(38)39/h3-7,10-11,14H,8-9,13H2,1-2H3,(H,30,35)(H,31,34)(H,36,37)(H,38,39). The van der Waals surface area contributed by atoms with Crippen LogP contribution in [0.15, 0.2) is 47.4 Å². The number of carbonyl (C=O) groups excluding carboxylic acids is 3. The van der Waals surface area contributed by atoms with E-state index in [0.717, 1.165) is 28.6 Å². The average Bonchev–Trinajstić information content (AvgIpc) is 3.28. The summed E-state index contributed by atoms with van der Waals surface area (Å²) < 4.78 is 0. The predicted molar refractivity (Wildman–Crippen MR) is 153 cm³/mol. The number of fused-ring (bicyclic) bond motifs is 1. The van der Waals surface area contributed by atoms with Crippen molar-refractivity contribution >= 4 is 63.4 Å². The maximum absolute atomic E-state index is 13.0. The molecular weight excluding hydrogens is 568 g/mol. The zero-order chi connectivity index (χ0) is 29.8. The molecule has 0 saturated carbocycles. The van der Waals surface area contributed by atoms with Crippen LogP contribution in [0.25, 0.3) is 0 Å². The Balaban J connectivity index is 1.44. The van der Waals surface area contributed by atoms with Gasteiger partial charge in [-0.2, -0.15) is 5.26 Å². The topological polar surface area (TPSA) is 177 Å². The van der Waals surface area contributed by atoms with Gasteiger partial charge in [-0.25, -0.2) is 9.59 Å². The molecule has 0 radical (unpaired) electrons. The monoisotopic (exact) mass is 592 g/mol. The number of hydrogen-bond donors (Lipinski definition) is 4. The Morgan fingerprint density at radius 1 is 1.05 bits per heavy atom. The number of carbonyl (C=O) groups is 5. The summed E-state index contributed by atoms with van der Waals surface area (Å²) in [5.74, 6) is -3.86. The molecule has 13 heteroatoms. The molecule has 3 aromatic rings. The van der Waals surface area contributed by atoms with E-state index in [1.54, 1.807) is 36.1 Å². The highest BCUT2D eigenvalue weighted by molar-refractivity contribution is 8.00. The van der Waals surface area contributed by atoms with Gasteiger partial charge in [-0.05, 0) is 55.3 Å². The summed E-state index contributed by atoms with van der Waals surface area (Å²) in [5.41, 5.74) is 0.718. The van der Waals surface area contributed by atoms with Gasteiger partial charge in [-0.3, -0.25) is 14.4 Å². The number of amides is 3. The van der Waals surface area contributed by atoms with Gasteiger partial charge in [-0.1, -0.05) is 6.07 Å². The normalized spacial score (nSPS) is 13.0. The van der Waals surface area contributed by atoms with E-state index in [-0.39, 0.29) is 22.9 Å². The number of benzene rings is 2. The van der Waals surface area contributed by atoms with Gasteiger partial charge in [0.15, 0.2) is 0 Å². The van der Waals surface area contributed by atoms with Crippen molar-refractivity contribution in [1.29, 1.82) is 5.26 Å². The first-order valence-electron chi connectivity index (χ1n) is 12.3. The number of carboxylic acid groups (broad SMARTS) is 2. The van der Waals surface area contributed by atoms with Crippen molar-refractivity contribution in [3.05, 3.63) is 75.2 Å². The predicted octanol–water partition coefficient (Wildman–Crippen LogP) is 4.29. The van der Waals surface area contributed by atoms with Crippen LogP contribution in [0.5, 0.6) is 0 Å². The Kier molecular flexibility index (Phi) is 8.75. The second-order valence-corrected chi connectivity index (χ2v) is 11.6. The number of carboxylic acids is 2. The molecule has 4 N–H and O–H groups in total. The summed E-state index contributed by atoms with van der Waals surface area (Å²) in [6.45, 7) is 4.12. The van der Waals surface area contributed by atoms with Gasteiger partial charge in [0, 0.05) is 28.9 Å². The van der Waals surface area contributed by atoms with Crippen molar-refractivity contribution in [2.45, 2.75) is 37.0 Å². The molecule has 4 rings (SSSR count). The maximum Gasteiger partial charge on any atom is 0.336 e. The lowest BCUT2D eigenvalue weighted by molar-refractivity contribution is -0.129. The van der Waals surface area contributed by atoms with Crippen LogP contribution in [-0.2, 0) is 22.6 Å². The first-order chi connectivity index (χ1) is 19.5. The lowest BCUT2D eigenvalue weighted by Gasteiger charge is -2.25. The van der Waals surface area contributed by atoms with Crippen LogP contribution in [0, 0.1) is 11.3 Å². The van der Waals surface area contributed by atoms with Crippen LogP contribution in [0.1, 0.15) is 60.9 Å². The number of nitrogens with zero attached hydrogens (tertiary/aromatic N) is 2. The molecule has 2 heterocycles. The smallest absolute Gasteiger partial charge is 0.336 e. The summed E-state index contributed by atoms with van der Waals surface area (Å²) in [6, 6.07) is 12.0. The van der Waals surface area contributed by atoms with E-state index in [9.17, 15) is 34.3 Å². The van der Waals surface area contributed by atoms with E-state index < -0.39 is 28.7 Å². The fourth-order valence-electron chi connectivity index (χ4n) is 4.25. The van der Waals surface area contributed by atoms with Crippen molar-refractivity contribution in [2.24, 2.45) is 0 Å². The molecule has 1 aromatic heterocycles. The first kappa shape index (κ1) is 29.3. The van der Waals surface area contributed by atoms with Crippen molar-refractivity contribution in [3.63, 3.8) is 0 Å². The van der Waals surface area contributed by atoms with Crippen molar-refractivity contribution in [3.8, 4) is 6.07 Å². The number of nitriles is 1. The van der Waals surface area contributed by atoms with Crippen LogP contribution in [0.4, 0.5) is 10.7 Å². The molecule has 1 aliphatic rings. The number of aromatic carboxylic acids is 2. The molecule has 210 valence electrons. The number of rotatable bonds is 8. The third kappa shape index (κ3) is 6.56. The average molecular weight is 593 g/mol. The van der Waals surface area contributed by atoms with Gasteiger partial charge in [0.1, 0.15) is 11.1 Å². The van der Waals surface area contributed by atoms with Gasteiger partial charge >= 0.3 is 11.9 Å². The van der Waals surface area contributed by atoms with Gasteiger partial charge in [-0.15, -0.1) is 23.1 Å². The van der Waals surface area contributed by atoms with Crippen LogP contribution < -0.4 is 10.6 Å². The minimum Gasteiger partial charge on any atom is -0.478 e. The largest absolute Gasteiger partial charge is 0.478 e. The van der Waals surface area contributed by atoms with Crippen LogP contribution in [-0.4, -0.2) is 56.6 Å². The summed E-state index contributed by atoms with van der Waals surface area (Å²) in [5, 5.41) is 33.6. The molecule has 0 saturated heterocycles. The summed E-state index contributed by atoms with van der Waals surface area (Å²) in [4.78, 5) is 63.7. The van der Waals surface area contributed by atoms with Crippen molar-refractivity contribution < 1.29 is 34.2 Å². The molecule has 3 amide bonds. The summed E-state index contributed by atoms with van der Waals surface area (Å²) in [6.07, 6.45) is 0.546. The molecule has 1 unspecified atom stereocenters. The van der Waals surface area contributed by atoms with Crippen LogP contribution in [0.3, 0.4) is 0 Å². The Morgan fingerprint density at radius 2 is 1.80 bits per heavy atom. The quantitative estimate of drug-likeness (QED) is 0.278. The lowest BCUT2D eigenvalue weighted by Crippen LogP contribution is -2.33. The molecule has 0 spiro atoms. The summed E-state index contributed by atoms with van der Waals surface area (Å²) >= 11 is 2.51. The second-order valence-electron chi connectivity index (χ2n) is 9.11. The zero-order valence-corrected chi connectivity index (χ0v) is 23.5. The molecule has 2 aromatic carbocycles. The molecular formula is C28H24N4O7S2. The minimum atomic E-state index is -1.44. The Bertz CT molecular complexity index is 1630. The highest BCUT2D eigenvalue weighted by Gasteiger charge is 2.27. The summed E-state index contributed by atoms with van der Waals surface area (Å²) in [7, 11) is 0. The maximum atomic E-state index is 13.0. The van der Waals surface area contributed by atoms with E-state index in [4.69, 9.17) is 5.11 Å². The van der Waals surface area contributed by atoms with E-state index in [1.807, 2.05) is 0 Å². The third-order valence-corrected chi connectivity index (χ3v) is 8.59. The molecule has 1 atom stereocenters. The Morgan fingerprint density at radius 3 is 2.46 bits per heavy atom. The number of thioether (sulfide) groups is 1. The number of hydrogen-bond acceptors (Lipinski definition) is 8. The van der Waals surface area contributed by atoms with Gasteiger partial charge in [0.05, 0.1) is 34.0 Å².